The average Bonchev–Trinajstić information content (AvgIpc) is 3.71. The average molecular weight is 506 g/mol. The Bertz CT molecular complexity index is 1120. The molecule has 2 amide bonds. The highest BCUT2D eigenvalue weighted by Gasteiger charge is 2.53. The Morgan fingerprint density at radius 2 is 2.08 bits per heavy atom. The first-order valence-electron chi connectivity index (χ1n) is 13.6. The highest BCUT2D eigenvalue weighted by molar-refractivity contribution is 5.91. The van der Waals surface area contributed by atoms with Crippen LogP contribution in [0.4, 0.5) is 0 Å². The van der Waals surface area contributed by atoms with Crippen molar-refractivity contribution < 1.29 is 14.3 Å². The van der Waals surface area contributed by atoms with Crippen molar-refractivity contribution in [3.8, 4) is 0 Å². The molecule has 37 heavy (non-hydrogen) atoms. The molecule has 198 valence electrons. The summed E-state index contributed by atoms with van der Waals surface area (Å²) in [5.41, 5.74) is 9.73. The lowest BCUT2D eigenvalue weighted by Gasteiger charge is -2.26. The molecule has 3 aliphatic heterocycles. The summed E-state index contributed by atoms with van der Waals surface area (Å²) in [6.07, 6.45) is 11.1. The molecule has 1 atom stereocenters. The van der Waals surface area contributed by atoms with Crippen molar-refractivity contribution in [1.82, 2.24) is 20.9 Å². The second kappa shape index (κ2) is 11.1. The number of likely N-dealkylation sites (tertiary alicyclic amines) is 1. The van der Waals surface area contributed by atoms with Crippen LogP contribution in [0.15, 0.2) is 54.1 Å². The van der Waals surface area contributed by atoms with Crippen LogP contribution in [-0.2, 0) is 20.7 Å². The number of benzene rings is 1. The largest absolute Gasteiger partial charge is 0.390 e. The third kappa shape index (κ3) is 6.08. The molecule has 1 aromatic carbocycles. The number of rotatable bonds is 9. The van der Waals surface area contributed by atoms with E-state index < -0.39 is 5.54 Å². The summed E-state index contributed by atoms with van der Waals surface area (Å²) in [5.74, 6) is 1.49. The number of hydrogen-bond acceptors (Lipinski definition) is 6. The molecule has 1 unspecified atom stereocenters. The van der Waals surface area contributed by atoms with Crippen LogP contribution in [0.2, 0.25) is 0 Å². The van der Waals surface area contributed by atoms with Crippen molar-refractivity contribution in [1.29, 1.82) is 0 Å². The molecule has 5 rings (SSSR count). The highest BCUT2D eigenvalue weighted by Crippen LogP contribution is 2.44. The maximum Gasteiger partial charge on any atom is 0.247 e. The maximum absolute atomic E-state index is 13.0. The van der Waals surface area contributed by atoms with Crippen molar-refractivity contribution in [2.75, 3.05) is 32.8 Å². The van der Waals surface area contributed by atoms with Gasteiger partial charge in [-0.1, -0.05) is 24.3 Å². The number of nitrogens with one attached hydrogen (secondary N) is 3. The fraction of sp³-hybridized carbons (Fsp3) is 0.517. The van der Waals surface area contributed by atoms with Gasteiger partial charge in [-0.25, -0.2) is 0 Å². The first-order chi connectivity index (χ1) is 17.9. The number of carbonyl (C=O) groups is 2. The summed E-state index contributed by atoms with van der Waals surface area (Å²) in [5, 5.41) is 9.63. The zero-order valence-electron chi connectivity index (χ0n) is 21.7. The molecule has 1 aliphatic carbocycles. The van der Waals surface area contributed by atoms with E-state index in [-0.39, 0.29) is 18.2 Å². The van der Waals surface area contributed by atoms with Gasteiger partial charge in [0.1, 0.15) is 11.4 Å². The molecule has 1 saturated carbocycles. The predicted octanol–water partition coefficient (Wildman–Crippen LogP) is 2.39. The van der Waals surface area contributed by atoms with Gasteiger partial charge in [0.05, 0.1) is 6.42 Å². The summed E-state index contributed by atoms with van der Waals surface area (Å²) in [7, 11) is 0. The normalized spacial score (nSPS) is 24.9. The molecule has 1 aromatic rings. The lowest BCUT2D eigenvalue weighted by Crippen LogP contribution is -2.49. The van der Waals surface area contributed by atoms with Crippen LogP contribution in [0, 0.1) is 11.8 Å². The molecule has 2 saturated heterocycles. The minimum Gasteiger partial charge on any atom is -0.390 e. The van der Waals surface area contributed by atoms with E-state index in [9.17, 15) is 9.59 Å². The van der Waals surface area contributed by atoms with Crippen LogP contribution >= 0.6 is 0 Å². The SMILES string of the molecule is C/C(=C\NCC1CCOCC1)c1cccc(CC(=O)NC2=CC(N3CCC(N)(C4CC4)C3=O)=CCN2)c1. The second-order valence-electron chi connectivity index (χ2n) is 10.8. The molecule has 4 aliphatic rings. The third-order valence-electron chi connectivity index (χ3n) is 7.99. The van der Waals surface area contributed by atoms with Gasteiger partial charge in [0.25, 0.3) is 0 Å². The number of carbonyl (C=O) groups excluding carboxylic acids is 2. The van der Waals surface area contributed by atoms with Gasteiger partial charge in [0.15, 0.2) is 0 Å². The minimum absolute atomic E-state index is 0.00700. The van der Waals surface area contributed by atoms with Gasteiger partial charge in [0.2, 0.25) is 11.8 Å². The Labute approximate surface area is 219 Å². The number of nitrogens with two attached hydrogens (primary N) is 1. The van der Waals surface area contributed by atoms with E-state index in [4.69, 9.17) is 10.5 Å². The van der Waals surface area contributed by atoms with E-state index in [1.54, 1.807) is 4.90 Å². The van der Waals surface area contributed by atoms with Crippen molar-refractivity contribution in [3.63, 3.8) is 0 Å². The molecular weight excluding hydrogens is 466 g/mol. The number of nitrogens with zero attached hydrogens (tertiary/aromatic N) is 1. The zero-order valence-corrected chi connectivity index (χ0v) is 21.7. The van der Waals surface area contributed by atoms with E-state index in [1.165, 1.54) is 0 Å². The fourth-order valence-electron chi connectivity index (χ4n) is 5.49. The van der Waals surface area contributed by atoms with Gasteiger partial charge in [-0.2, -0.15) is 0 Å². The topological polar surface area (TPSA) is 109 Å². The van der Waals surface area contributed by atoms with Crippen LogP contribution in [0.3, 0.4) is 0 Å². The Balaban J connectivity index is 1.15. The molecular formula is C29H39N5O3. The molecule has 8 heteroatoms. The number of hydrogen-bond donors (Lipinski definition) is 4. The van der Waals surface area contributed by atoms with Gasteiger partial charge < -0.3 is 31.3 Å². The standard InChI is InChI=1S/C29H39N5O3/c1-20(18-31-19-21-8-13-37-14-9-21)23-4-2-3-22(15-23)16-27(35)33-26-17-25(7-11-32-26)34-12-10-29(30,28(34)36)24-5-6-24/h2-4,7,15,17-18,21,24,31-32H,5-6,8-14,16,19,30H2,1H3,(H,33,35)/b20-18+. The van der Waals surface area contributed by atoms with Crippen molar-refractivity contribution in [2.45, 2.75) is 51.0 Å². The van der Waals surface area contributed by atoms with Crippen molar-refractivity contribution >= 4 is 17.4 Å². The molecule has 0 radical (unpaired) electrons. The summed E-state index contributed by atoms with van der Waals surface area (Å²) in [6, 6.07) is 8.10. The van der Waals surface area contributed by atoms with Crippen LogP contribution in [0.5, 0.6) is 0 Å². The van der Waals surface area contributed by atoms with E-state index in [2.05, 4.69) is 41.2 Å². The number of dihydropyridines is 1. The highest BCUT2D eigenvalue weighted by atomic mass is 16.5. The number of allylic oxidation sites excluding steroid dienone is 2. The fourth-order valence-corrected chi connectivity index (χ4v) is 5.49. The van der Waals surface area contributed by atoms with Crippen LogP contribution in [-0.4, -0.2) is 55.1 Å². The molecule has 0 aromatic heterocycles. The first kappa shape index (κ1) is 25.5. The van der Waals surface area contributed by atoms with E-state index in [1.807, 2.05) is 24.3 Å². The smallest absolute Gasteiger partial charge is 0.247 e. The Morgan fingerprint density at radius 1 is 1.27 bits per heavy atom. The Hall–Kier alpha value is -3.10. The summed E-state index contributed by atoms with van der Waals surface area (Å²) in [4.78, 5) is 27.7. The molecule has 3 fully saturated rings. The maximum atomic E-state index is 13.0. The van der Waals surface area contributed by atoms with Gasteiger partial charge in [-0.15, -0.1) is 0 Å². The van der Waals surface area contributed by atoms with Gasteiger partial charge >= 0.3 is 0 Å². The lowest BCUT2D eigenvalue weighted by atomic mass is 9.93. The monoisotopic (exact) mass is 505 g/mol. The quantitative estimate of drug-likeness (QED) is 0.411. The lowest BCUT2D eigenvalue weighted by molar-refractivity contribution is -0.131. The van der Waals surface area contributed by atoms with Crippen LogP contribution < -0.4 is 21.7 Å². The van der Waals surface area contributed by atoms with Gasteiger partial charge in [-0.3, -0.25) is 9.59 Å². The molecule has 5 N–H and O–H groups in total. The van der Waals surface area contributed by atoms with Crippen LogP contribution in [0.1, 0.15) is 50.2 Å². The van der Waals surface area contributed by atoms with Crippen molar-refractivity contribution in [2.24, 2.45) is 17.6 Å². The van der Waals surface area contributed by atoms with Crippen molar-refractivity contribution in [3.05, 3.63) is 65.3 Å². The molecule has 0 spiro atoms. The van der Waals surface area contributed by atoms with E-state index in [0.29, 0.717) is 37.2 Å². The molecule has 0 bridgehead atoms. The predicted molar refractivity (Wildman–Crippen MR) is 144 cm³/mol. The van der Waals surface area contributed by atoms with Crippen LogP contribution in [0.25, 0.3) is 5.57 Å². The van der Waals surface area contributed by atoms with Gasteiger partial charge in [-0.05, 0) is 79.8 Å². The minimum atomic E-state index is -0.721. The second-order valence-corrected chi connectivity index (χ2v) is 10.8. The molecule has 8 nitrogen and oxygen atoms in total. The number of amides is 2. The Kier molecular flexibility index (Phi) is 7.67. The summed E-state index contributed by atoms with van der Waals surface area (Å²) >= 11 is 0. The first-order valence-corrected chi connectivity index (χ1v) is 13.6. The van der Waals surface area contributed by atoms with Gasteiger partial charge in [0, 0.05) is 44.6 Å². The van der Waals surface area contributed by atoms with E-state index >= 15 is 0 Å². The summed E-state index contributed by atoms with van der Waals surface area (Å²) in [6.45, 7) is 5.92. The zero-order chi connectivity index (χ0) is 25.8. The number of ether oxygens (including phenoxy) is 1. The van der Waals surface area contributed by atoms with E-state index in [0.717, 1.165) is 67.8 Å². The molecule has 3 heterocycles. The Morgan fingerprint density at radius 3 is 2.86 bits per heavy atom. The third-order valence-corrected chi connectivity index (χ3v) is 7.99. The summed E-state index contributed by atoms with van der Waals surface area (Å²) < 4.78 is 5.43.